The minimum atomic E-state index is -0.278. The Bertz CT molecular complexity index is 423. The molecule has 0 fully saturated rings. The Morgan fingerprint density at radius 2 is 2.15 bits per heavy atom. The zero-order valence-corrected chi connectivity index (χ0v) is 12.3. The van der Waals surface area contributed by atoms with E-state index in [1.165, 1.54) is 12.1 Å². The van der Waals surface area contributed by atoms with Crippen LogP contribution in [0.1, 0.15) is 44.6 Å². The molecule has 0 saturated heterocycles. The van der Waals surface area contributed by atoms with Crippen LogP contribution in [0.15, 0.2) is 24.3 Å². The van der Waals surface area contributed by atoms with Crippen molar-refractivity contribution in [1.29, 1.82) is 0 Å². The number of benzene rings is 1. The minimum Gasteiger partial charge on any atom is -0.395 e. The lowest BCUT2D eigenvalue weighted by molar-refractivity contribution is -0.132. The van der Waals surface area contributed by atoms with E-state index in [9.17, 15) is 9.18 Å². The van der Waals surface area contributed by atoms with E-state index in [2.05, 4.69) is 6.92 Å². The predicted octanol–water partition coefficient (Wildman–Crippen LogP) is 2.94. The normalized spacial score (nSPS) is 12.2. The van der Waals surface area contributed by atoms with Gasteiger partial charge in [0.05, 0.1) is 6.61 Å². The molecule has 0 unspecified atom stereocenters. The Morgan fingerprint density at radius 1 is 1.40 bits per heavy atom. The van der Waals surface area contributed by atoms with Crippen molar-refractivity contribution >= 4 is 5.91 Å². The molecule has 1 rings (SSSR count). The molecule has 0 heterocycles. The van der Waals surface area contributed by atoms with Gasteiger partial charge in [0.25, 0.3) is 0 Å². The lowest BCUT2D eigenvalue weighted by Crippen LogP contribution is -2.35. The highest BCUT2D eigenvalue weighted by Gasteiger charge is 2.17. The second-order valence-electron chi connectivity index (χ2n) is 5.12. The first-order valence-electron chi connectivity index (χ1n) is 7.22. The molecule has 1 aromatic carbocycles. The number of hydrogen-bond donors (Lipinski definition) is 1. The summed E-state index contributed by atoms with van der Waals surface area (Å²) in [4.78, 5) is 13.9. The molecule has 0 saturated carbocycles. The summed E-state index contributed by atoms with van der Waals surface area (Å²) in [5, 5.41) is 9.03. The molecular weight excluding hydrogens is 257 g/mol. The van der Waals surface area contributed by atoms with Gasteiger partial charge in [0, 0.05) is 19.5 Å². The van der Waals surface area contributed by atoms with E-state index in [0.29, 0.717) is 19.5 Å². The number of aliphatic hydroxyl groups excluding tert-OH is 1. The third kappa shape index (κ3) is 5.29. The molecule has 1 aromatic rings. The number of amides is 1. The lowest BCUT2D eigenvalue weighted by atomic mass is 9.97. The fraction of sp³-hybridized carbons (Fsp3) is 0.562. The lowest BCUT2D eigenvalue weighted by Gasteiger charge is -2.23. The first kappa shape index (κ1) is 16.6. The second kappa shape index (κ2) is 8.69. The highest BCUT2D eigenvalue weighted by molar-refractivity contribution is 5.77. The smallest absolute Gasteiger partial charge is 0.223 e. The second-order valence-corrected chi connectivity index (χ2v) is 5.12. The van der Waals surface area contributed by atoms with Gasteiger partial charge in [0.15, 0.2) is 0 Å². The van der Waals surface area contributed by atoms with E-state index < -0.39 is 0 Å². The molecule has 0 radical (unpaired) electrons. The fourth-order valence-corrected chi connectivity index (χ4v) is 2.15. The van der Waals surface area contributed by atoms with Crippen molar-refractivity contribution in [2.75, 3.05) is 19.7 Å². The number of carbonyl (C=O) groups excluding carboxylic acids is 1. The highest BCUT2D eigenvalue weighted by Crippen LogP contribution is 2.20. The Kier molecular flexibility index (Phi) is 7.23. The fourth-order valence-electron chi connectivity index (χ4n) is 2.15. The molecule has 1 N–H and O–H groups in total. The molecule has 0 aliphatic rings. The van der Waals surface area contributed by atoms with Crippen molar-refractivity contribution < 1.29 is 14.3 Å². The van der Waals surface area contributed by atoms with Crippen molar-refractivity contribution in [3.8, 4) is 0 Å². The number of halogens is 1. The summed E-state index contributed by atoms with van der Waals surface area (Å²) in [5.41, 5.74) is 0.831. The van der Waals surface area contributed by atoms with Gasteiger partial charge in [-0.2, -0.15) is 0 Å². The van der Waals surface area contributed by atoms with E-state index in [1.54, 1.807) is 11.0 Å². The summed E-state index contributed by atoms with van der Waals surface area (Å²) in [6.45, 7) is 5.00. The summed E-state index contributed by atoms with van der Waals surface area (Å²) in [7, 11) is 0. The SMILES string of the molecule is CCCCN(CCO)C(=O)C[C@H](C)c1cccc(F)c1. The van der Waals surface area contributed by atoms with Crippen molar-refractivity contribution in [3.05, 3.63) is 35.6 Å². The van der Waals surface area contributed by atoms with Gasteiger partial charge in [-0.3, -0.25) is 4.79 Å². The molecule has 3 nitrogen and oxygen atoms in total. The molecule has 0 aliphatic carbocycles. The van der Waals surface area contributed by atoms with Crippen LogP contribution in [0.3, 0.4) is 0 Å². The van der Waals surface area contributed by atoms with Crippen molar-refractivity contribution in [2.45, 2.75) is 39.0 Å². The van der Waals surface area contributed by atoms with E-state index in [4.69, 9.17) is 5.11 Å². The maximum atomic E-state index is 13.2. The summed E-state index contributed by atoms with van der Waals surface area (Å²) in [5.74, 6) is -0.287. The number of nitrogens with zero attached hydrogens (tertiary/aromatic N) is 1. The monoisotopic (exact) mass is 281 g/mol. The largest absolute Gasteiger partial charge is 0.395 e. The first-order chi connectivity index (χ1) is 9.58. The Morgan fingerprint density at radius 3 is 2.75 bits per heavy atom. The first-order valence-corrected chi connectivity index (χ1v) is 7.22. The van der Waals surface area contributed by atoms with Crippen LogP contribution in [0.4, 0.5) is 4.39 Å². The van der Waals surface area contributed by atoms with Crippen LogP contribution in [0, 0.1) is 5.82 Å². The van der Waals surface area contributed by atoms with Crippen LogP contribution in [0.2, 0.25) is 0 Å². The molecule has 0 spiro atoms. The average Bonchev–Trinajstić information content (AvgIpc) is 2.43. The average molecular weight is 281 g/mol. The number of unbranched alkanes of at least 4 members (excludes halogenated alkanes) is 1. The number of hydrogen-bond acceptors (Lipinski definition) is 2. The molecule has 0 aliphatic heterocycles. The van der Waals surface area contributed by atoms with Crippen LogP contribution < -0.4 is 0 Å². The molecule has 112 valence electrons. The number of carbonyl (C=O) groups is 1. The summed E-state index contributed by atoms with van der Waals surface area (Å²) in [6, 6.07) is 6.37. The third-order valence-electron chi connectivity index (χ3n) is 3.40. The van der Waals surface area contributed by atoms with Crippen LogP contribution in [0.5, 0.6) is 0 Å². The van der Waals surface area contributed by atoms with Crippen LogP contribution in [0.25, 0.3) is 0 Å². The molecule has 1 atom stereocenters. The summed E-state index contributed by atoms with van der Waals surface area (Å²) in [6.07, 6.45) is 2.28. The van der Waals surface area contributed by atoms with E-state index in [-0.39, 0.29) is 24.2 Å². The maximum absolute atomic E-state index is 13.2. The standard InChI is InChI=1S/C16H24FNO2/c1-3-4-8-18(9-10-19)16(20)11-13(2)14-6-5-7-15(17)12-14/h5-7,12-13,19H,3-4,8-11H2,1-2H3/t13-/m0/s1. The molecular formula is C16H24FNO2. The van der Waals surface area contributed by atoms with Gasteiger partial charge in [-0.25, -0.2) is 4.39 Å². The van der Waals surface area contributed by atoms with Crippen LogP contribution in [-0.2, 0) is 4.79 Å². The minimum absolute atomic E-state index is 0.0178. The van der Waals surface area contributed by atoms with E-state index in [0.717, 1.165) is 18.4 Å². The van der Waals surface area contributed by atoms with Crippen LogP contribution in [-0.4, -0.2) is 35.6 Å². The zero-order valence-electron chi connectivity index (χ0n) is 12.3. The van der Waals surface area contributed by atoms with Gasteiger partial charge < -0.3 is 10.0 Å². The van der Waals surface area contributed by atoms with Crippen LogP contribution >= 0.6 is 0 Å². The van der Waals surface area contributed by atoms with Crippen molar-refractivity contribution in [2.24, 2.45) is 0 Å². The van der Waals surface area contributed by atoms with E-state index >= 15 is 0 Å². The summed E-state index contributed by atoms with van der Waals surface area (Å²) >= 11 is 0. The molecule has 4 heteroatoms. The molecule has 0 aromatic heterocycles. The Labute approximate surface area is 120 Å². The van der Waals surface area contributed by atoms with Gasteiger partial charge in [0.1, 0.15) is 5.82 Å². The van der Waals surface area contributed by atoms with E-state index in [1.807, 2.05) is 13.0 Å². The predicted molar refractivity (Wildman–Crippen MR) is 78.0 cm³/mol. The quantitative estimate of drug-likeness (QED) is 0.796. The maximum Gasteiger partial charge on any atom is 0.223 e. The third-order valence-corrected chi connectivity index (χ3v) is 3.40. The van der Waals surface area contributed by atoms with Gasteiger partial charge in [-0.1, -0.05) is 32.4 Å². The van der Waals surface area contributed by atoms with Gasteiger partial charge in [-0.15, -0.1) is 0 Å². The van der Waals surface area contributed by atoms with Gasteiger partial charge in [0.2, 0.25) is 5.91 Å². The van der Waals surface area contributed by atoms with Crippen molar-refractivity contribution in [3.63, 3.8) is 0 Å². The van der Waals surface area contributed by atoms with Crippen molar-refractivity contribution in [1.82, 2.24) is 4.90 Å². The Hall–Kier alpha value is -1.42. The summed E-state index contributed by atoms with van der Waals surface area (Å²) < 4.78 is 13.2. The number of rotatable bonds is 8. The topological polar surface area (TPSA) is 40.5 Å². The van der Waals surface area contributed by atoms with Gasteiger partial charge >= 0.3 is 0 Å². The molecule has 0 bridgehead atoms. The highest BCUT2D eigenvalue weighted by atomic mass is 19.1. The molecule has 1 amide bonds. The molecule has 20 heavy (non-hydrogen) atoms. The zero-order chi connectivity index (χ0) is 15.0. The number of aliphatic hydroxyl groups is 1. The Balaban J connectivity index is 2.62. The van der Waals surface area contributed by atoms with Gasteiger partial charge in [-0.05, 0) is 30.0 Å².